The van der Waals surface area contributed by atoms with Gasteiger partial charge in [0.1, 0.15) is 31.0 Å². The summed E-state index contributed by atoms with van der Waals surface area (Å²) in [5.41, 5.74) is 0. The average molecular weight is 232 g/mol. The number of hydrogen-bond acceptors (Lipinski definition) is 6. The van der Waals surface area contributed by atoms with Gasteiger partial charge < -0.3 is 29.2 Å². The van der Waals surface area contributed by atoms with Crippen LogP contribution in [-0.2, 0) is 18.9 Å². The lowest BCUT2D eigenvalue weighted by molar-refractivity contribution is -0.291. The number of fused-ring (bicyclic) bond motifs is 4. The molecule has 2 N–H and O–H groups in total. The van der Waals surface area contributed by atoms with Crippen molar-refractivity contribution in [1.82, 2.24) is 0 Å². The van der Waals surface area contributed by atoms with E-state index in [1.807, 2.05) is 0 Å². The first kappa shape index (κ1) is 10.9. The first-order chi connectivity index (χ1) is 7.47. The fraction of sp³-hybridized carbons (Fsp3) is 1.00. The molecule has 92 valence electrons. The molecule has 5 atom stereocenters. The van der Waals surface area contributed by atoms with Crippen LogP contribution in [0.25, 0.3) is 0 Å². The Bertz CT molecular complexity index is 306. The van der Waals surface area contributed by atoms with Crippen LogP contribution in [0.15, 0.2) is 0 Å². The SMILES string of the molecule is CC1(C)OC2C3CO[C@](CO)(O3)[C@@H](O)C2O1. The third kappa shape index (κ3) is 1.28. The summed E-state index contributed by atoms with van der Waals surface area (Å²) in [6.07, 6.45) is -2.18. The minimum absolute atomic E-state index is 0.290. The molecule has 2 bridgehead atoms. The molecule has 0 aromatic rings. The van der Waals surface area contributed by atoms with Crippen LogP contribution in [0.2, 0.25) is 0 Å². The highest BCUT2D eigenvalue weighted by Crippen LogP contribution is 2.45. The molecule has 0 aromatic carbocycles. The molecule has 3 unspecified atom stereocenters. The van der Waals surface area contributed by atoms with Crippen molar-refractivity contribution in [2.75, 3.05) is 13.2 Å². The Morgan fingerprint density at radius 2 is 1.88 bits per heavy atom. The Balaban J connectivity index is 1.92. The van der Waals surface area contributed by atoms with Crippen molar-refractivity contribution in [3.05, 3.63) is 0 Å². The number of hydrogen-bond donors (Lipinski definition) is 2. The molecule has 3 aliphatic heterocycles. The summed E-state index contributed by atoms with van der Waals surface area (Å²) in [6.45, 7) is 3.49. The molecule has 0 spiro atoms. The highest BCUT2D eigenvalue weighted by atomic mass is 16.8. The molecule has 3 heterocycles. The molecule has 0 radical (unpaired) electrons. The summed E-state index contributed by atoms with van der Waals surface area (Å²) in [5.74, 6) is -2.07. The van der Waals surface area contributed by atoms with Gasteiger partial charge in [0.25, 0.3) is 0 Å². The summed E-state index contributed by atoms with van der Waals surface area (Å²) in [4.78, 5) is 0. The van der Waals surface area contributed by atoms with Crippen LogP contribution >= 0.6 is 0 Å². The van der Waals surface area contributed by atoms with E-state index in [1.165, 1.54) is 0 Å². The molecule has 3 fully saturated rings. The van der Waals surface area contributed by atoms with Gasteiger partial charge in [-0.15, -0.1) is 0 Å². The molecule has 6 heteroatoms. The second kappa shape index (κ2) is 3.16. The van der Waals surface area contributed by atoms with Crippen molar-refractivity contribution in [3.63, 3.8) is 0 Å². The van der Waals surface area contributed by atoms with Gasteiger partial charge in [-0.3, -0.25) is 0 Å². The minimum atomic E-state index is -1.34. The molecule has 3 saturated heterocycles. The van der Waals surface area contributed by atoms with Crippen molar-refractivity contribution >= 4 is 0 Å². The maximum Gasteiger partial charge on any atom is 0.221 e. The molecule has 16 heavy (non-hydrogen) atoms. The van der Waals surface area contributed by atoms with Crippen LogP contribution in [0, 0.1) is 0 Å². The second-order valence-electron chi connectivity index (χ2n) is 4.95. The van der Waals surface area contributed by atoms with E-state index in [9.17, 15) is 10.2 Å². The predicted octanol–water partition coefficient (Wildman–Crippen LogP) is -1.01. The van der Waals surface area contributed by atoms with E-state index in [2.05, 4.69) is 0 Å². The van der Waals surface area contributed by atoms with Crippen LogP contribution in [0.5, 0.6) is 0 Å². The maximum absolute atomic E-state index is 10.1. The Kier molecular flexibility index (Phi) is 2.15. The highest BCUT2D eigenvalue weighted by Gasteiger charge is 2.64. The molecular formula is C10H16O6. The number of aliphatic hydroxyl groups excluding tert-OH is 2. The van der Waals surface area contributed by atoms with Gasteiger partial charge in [-0.05, 0) is 13.8 Å². The van der Waals surface area contributed by atoms with Gasteiger partial charge in [-0.1, -0.05) is 0 Å². The summed E-state index contributed by atoms with van der Waals surface area (Å²) in [7, 11) is 0. The first-order valence-corrected chi connectivity index (χ1v) is 5.44. The minimum Gasteiger partial charge on any atom is -0.391 e. The quantitative estimate of drug-likeness (QED) is 0.603. The Morgan fingerprint density at radius 1 is 1.19 bits per heavy atom. The summed E-state index contributed by atoms with van der Waals surface area (Å²) in [6, 6.07) is 0. The zero-order valence-corrected chi connectivity index (χ0v) is 9.25. The van der Waals surface area contributed by atoms with Crippen molar-refractivity contribution in [2.45, 2.75) is 49.8 Å². The maximum atomic E-state index is 10.1. The molecular weight excluding hydrogens is 216 g/mol. The van der Waals surface area contributed by atoms with Crippen molar-refractivity contribution < 1.29 is 29.2 Å². The van der Waals surface area contributed by atoms with Gasteiger partial charge in [-0.2, -0.15) is 0 Å². The van der Waals surface area contributed by atoms with E-state index >= 15 is 0 Å². The van der Waals surface area contributed by atoms with Crippen LogP contribution in [0.3, 0.4) is 0 Å². The zero-order chi connectivity index (χ0) is 11.6. The topological polar surface area (TPSA) is 77.4 Å². The predicted molar refractivity (Wildman–Crippen MR) is 50.5 cm³/mol. The Labute approximate surface area is 93.0 Å². The lowest BCUT2D eigenvalue weighted by atomic mass is 9.95. The summed E-state index contributed by atoms with van der Waals surface area (Å²) < 4.78 is 22.2. The standard InChI is InChI=1S/C10H16O6/c1-9(2)15-6-5-3-13-10(4-11,14-5)8(12)7(6)16-9/h5-8,11-12H,3-4H2,1-2H3/t5?,6?,7?,8-,10+/m0/s1. The largest absolute Gasteiger partial charge is 0.391 e. The van der Waals surface area contributed by atoms with Gasteiger partial charge in [0.05, 0.1) is 6.61 Å². The first-order valence-electron chi connectivity index (χ1n) is 5.44. The Hall–Kier alpha value is -0.240. The summed E-state index contributed by atoms with van der Waals surface area (Å²) >= 11 is 0. The average Bonchev–Trinajstić information content (AvgIpc) is 2.76. The van der Waals surface area contributed by atoms with Crippen LogP contribution < -0.4 is 0 Å². The third-order valence-corrected chi connectivity index (χ3v) is 3.36. The molecule has 3 rings (SSSR count). The molecule has 0 amide bonds. The summed E-state index contributed by atoms with van der Waals surface area (Å²) in [5, 5.41) is 19.4. The van der Waals surface area contributed by atoms with E-state index < -0.39 is 30.4 Å². The molecule has 0 aliphatic carbocycles. The monoisotopic (exact) mass is 232 g/mol. The smallest absolute Gasteiger partial charge is 0.221 e. The molecule has 0 saturated carbocycles. The number of aliphatic hydroxyl groups is 2. The van der Waals surface area contributed by atoms with E-state index in [1.54, 1.807) is 13.8 Å². The van der Waals surface area contributed by atoms with E-state index in [4.69, 9.17) is 18.9 Å². The number of rotatable bonds is 1. The van der Waals surface area contributed by atoms with Crippen molar-refractivity contribution in [3.8, 4) is 0 Å². The van der Waals surface area contributed by atoms with Crippen molar-refractivity contribution in [2.24, 2.45) is 0 Å². The van der Waals surface area contributed by atoms with E-state index in [0.717, 1.165) is 0 Å². The fourth-order valence-corrected chi connectivity index (χ4v) is 2.64. The lowest BCUT2D eigenvalue weighted by Crippen LogP contribution is -2.61. The normalized spacial score (nSPS) is 54.0. The highest BCUT2D eigenvalue weighted by molar-refractivity contribution is 5.05. The van der Waals surface area contributed by atoms with E-state index in [0.29, 0.717) is 6.61 Å². The van der Waals surface area contributed by atoms with Crippen LogP contribution in [-0.4, -0.2) is 59.4 Å². The molecule has 3 aliphatic rings. The van der Waals surface area contributed by atoms with E-state index in [-0.39, 0.29) is 12.2 Å². The zero-order valence-electron chi connectivity index (χ0n) is 9.25. The third-order valence-electron chi connectivity index (χ3n) is 3.36. The van der Waals surface area contributed by atoms with Gasteiger partial charge >= 0.3 is 0 Å². The number of ether oxygens (including phenoxy) is 4. The fourth-order valence-electron chi connectivity index (χ4n) is 2.64. The molecule has 6 nitrogen and oxygen atoms in total. The van der Waals surface area contributed by atoms with Gasteiger partial charge in [0, 0.05) is 0 Å². The lowest BCUT2D eigenvalue weighted by Gasteiger charge is -2.39. The van der Waals surface area contributed by atoms with Crippen LogP contribution in [0.1, 0.15) is 13.8 Å². The van der Waals surface area contributed by atoms with Gasteiger partial charge in [0.2, 0.25) is 5.79 Å². The molecule has 0 aromatic heterocycles. The van der Waals surface area contributed by atoms with Crippen LogP contribution in [0.4, 0.5) is 0 Å². The van der Waals surface area contributed by atoms with Gasteiger partial charge in [-0.25, -0.2) is 0 Å². The van der Waals surface area contributed by atoms with Gasteiger partial charge in [0.15, 0.2) is 5.79 Å². The van der Waals surface area contributed by atoms with Crippen molar-refractivity contribution in [1.29, 1.82) is 0 Å². The Morgan fingerprint density at radius 3 is 2.56 bits per heavy atom. The second-order valence-corrected chi connectivity index (χ2v) is 4.95.